The summed E-state index contributed by atoms with van der Waals surface area (Å²) in [7, 11) is 0. The molecule has 1 aliphatic carbocycles. The largest absolute Gasteiger partial charge is 0.144 e. The van der Waals surface area contributed by atoms with Crippen LogP contribution < -0.4 is 0 Å². The molecule has 0 spiro atoms. The third-order valence-electron chi connectivity index (χ3n) is 2.15. The first kappa shape index (κ1) is 7.81. The van der Waals surface area contributed by atoms with E-state index < -0.39 is 0 Å². The van der Waals surface area contributed by atoms with Gasteiger partial charge < -0.3 is 0 Å². The second-order valence-electron chi connectivity index (χ2n) is 3.27. The molecule has 1 heteroatoms. The quantitative estimate of drug-likeness (QED) is 0.611. The van der Waals surface area contributed by atoms with Crippen LogP contribution in [-0.2, 0) is 0 Å². The molecule has 12 heavy (non-hydrogen) atoms. The fourth-order valence-corrected chi connectivity index (χ4v) is 2.45. The normalized spacial score (nSPS) is 22.3. The summed E-state index contributed by atoms with van der Waals surface area (Å²) in [5.74, 6) is 0.613. The third kappa shape index (κ3) is 1.25. The maximum absolute atomic E-state index is 2.33. The summed E-state index contributed by atoms with van der Waals surface area (Å²) in [6.07, 6.45) is 4.65. The number of hydrogen-bond acceptors (Lipinski definition) is 1. The van der Waals surface area contributed by atoms with Gasteiger partial charge in [-0.1, -0.05) is 25.1 Å². The monoisotopic (exact) mass is 176 g/mol. The molecule has 0 fully saturated rings. The van der Waals surface area contributed by atoms with Gasteiger partial charge in [-0.3, -0.25) is 0 Å². The lowest BCUT2D eigenvalue weighted by molar-refractivity contribution is 0.955. The predicted octanol–water partition coefficient (Wildman–Crippen LogP) is 3.73. The van der Waals surface area contributed by atoms with Crippen LogP contribution in [0.5, 0.6) is 0 Å². The van der Waals surface area contributed by atoms with Crippen molar-refractivity contribution in [3.63, 3.8) is 0 Å². The topological polar surface area (TPSA) is 0 Å². The van der Waals surface area contributed by atoms with Gasteiger partial charge in [-0.25, -0.2) is 0 Å². The van der Waals surface area contributed by atoms with Gasteiger partial charge in [0.1, 0.15) is 0 Å². The highest BCUT2D eigenvalue weighted by Crippen LogP contribution is 2.33. The molecule has 2 rings (SSSR count). The van der Waals surface area contributed by atoms with Crippen LogP contribution in [0.3, 0.4) is 0 Å². The van der Waals surface area contributed by atoms with Crippen molar-refractivity contribution in [3.05, 3.63) is 40.1 Å². The predicted molar refractivity (Wildman–Crippen MR) is 55.2 cm³/mol. The maximum atomic E-state index is 2.33. The van der Waals surface area contributed by atoms with Crippen molar-refractivity contribution in [3.8, 4) is 0 Å². The molecule has 0 radical (unpaired) electrons. The fourth-order valence-electron chi connectivity index (χ4n) is 1.63. The Morgan fingerprint density at radius 2 is 2.17 bits per heavy atom. The van der Waals surface area contributed by atoms with Gasteiger partial charge in [0.2, 0.25) is 0 Å². The van der Waals surface area contributed by atoms with E-state index in [2.05, 4.69) is 43.5 Å². The summed E-state index contributed by atoms with van der Waals surface area (Å²) in [5, 5.41) is 2.13. The van der Waals surface area contributed by atoms with Crippen LogP contribution in [-0.4, -0.2) is 0 Å². The summed E-state index contributed by atoms with van der Waals surface area (Å²) in [6, 6.07) is 4.29. The Labute approximate surface area is 77.2 Å². The van der Waals surface area contributed by atoms with E-state index in [4.69, 9.17) is 0 Å². The molecule has 0 amide bonds. The van der Waals surface area contributed by atoms with Crippen molar-refractivity contribution >= 4 is 16.9 Å². The molecule has 0 saturated carbocycles. The molecule has 1 aliphatic rings. The zero-order valence-corrected chi connectivity index (χ0v) is 8.19. The van der Waals surface area contributed by atoms with Crippen LogP contribution in [0.4, 0.5) is 0 Å². The summed E-state index contributed by atoms with van der Waals surface area (Å²) in [4.78, 5) is 1.40. The molecular formula is C11H12S. The van der Waals surface area contributed by atoms with E-state index in [1.54, 1.807) is 0 Å². The van der Waals surface area contributed by atoms with Gasteiger partial charge in [0.05, 0.1) is 0 Å². The first-order valence-corrected chi connectivity index (χ1v) is 5.10. The first-order valence-electron chi connectivity index (χ1n) is 4.22. The molecule has 1 aromatic heterocycles. The Kier molecular flexibility index (Phi) is 1.89. The minimum atomic E-state index is 0.613. The van der Waals surface area contributed by atoms with E-state index >= 15 is 0 Å². The highest BCUT2D eigenvalue weighted by atomic mass is 32.1. The second-order valence-corrected chi connectivity index (χ2v) is 4.21. The standard InChI is InChI=1S/C11H12S/c1-8-6-9(2)10(7-8)11-4-3-5-12-11/h3-8H,1-2H3. The van der Waals surface area contributed by atoms with Gasteiger partial charge in [0.25, 0.3) is 0 Å². The summed E-state index contributed by atoms with van der Waals surface area (Å²) < 4.78 is 0. The zero-order chi connectivity index (χ0) is 8.55. The highest BCUT2D eigenvalue weighted by molar-refractivity contribution is 7.11. The van der Waals surface area contributed by atoms with E-state index in [1.807, 2.05) is 11.3 Å². The van der Waals surface area contributed by atoms with Crippen molar-refractivity contribution in [1.29, 1.82) is 0 Å². The summed E-state index contributed by atoms with van der Waals surface area (Å²) in [6.45, 7) is 4.42. The molecule has 0 bridgehead atoms. The SMILES string of the molecule is CC1=CC(C)C=C1c1cccs1. The molecule has 1 heterocycles. The number of hydrogen-bond donors (Lipinski definition) is 0. The van der Waals surface area contributed by atoms with Crippen molar-refractivity contribution < 1.29 is 0 Å². The Morgan fingerprint density at radius 3 is 2.67 bits per heavy atom. The minimum Gasteiger partial charge on any atom is -0.144 e. The van der Waals surface area contributed by atoms with Crippen LogP contribution in [0, 0.1) is 5.92 Å². The lowest BCUT2D eigenvalue weighted by atomic mass is 10.1. The van der Waals surface area contributed by atoms with E-state index in [0.29, 0.717) is 5.92 Å². The van der Waals surface area contributed by atoms with Gasteiger partial charge in [0.15, 0.2) is 0 Å². The van der Waals surface area contributed by atoms with Crippen molar-refractivity contribution in [2.75, 3.05) is 0 Å². The summed E-state index contributed by atoms with van der Waals surface area (Å²) in [5.41, 5.74) is 2.85. The number of rotatable bonds is 1. The van der Waals surface area contributed by atoms with Crippen LogP contribution in [0.2, 0.25) is 0 Å². The molecule has 0 nitrogen and oxygen atoms in total. The highest BCUT2D eigenvalue weighted by Gasteiger charge is 2.12. The van der Waals surface area contributed by atoms with Crippen LogP contribution in [0.25, 0.3) is 5.57 Å². The smallest absolute Gasteiger partial charge is 0.0342 e. The van der Waals surface area contributed by atoms with Gasteiger partial charge in [0, 0.05) is 4.88 Å². The van der Waals surface area contributed by atoms with Gasteiger partial charge in [-0.15, -0.1) is 11.3 Å². The van der Waals surface area contributed by atoms with Gasteiger partial charge in [-0.05, 0) is 35.4 Å². The Hall–Kier alpha value is -0.820. The first-order chi connectivity index (χ1) is 5.77. The lowest BCUT2D eigenvalue weighted by Gasteiger charge is -1.98. The molecule has 0 N–H and O–H groups in total. The van der Waals surface area contributed by atoms with Gasteiger partial charge >= 0.3 is 0 Å². The van der Waals surface area contributed by atoms with E-state index in [-0.39, 0.29) is 0 Å². The lowest BCUT2D eigenvalue weighted by Crippen LogP contribution is -1.76. The average Bonchev–Trinajstić information content (AvgIpc) is 2.58. The molecule has 1 atom stereocenters. The molecule has 0 aliphatic heterocycles. The Bertz CT molecular complexity index is 328. The Morgan fingerprint density at radius 1 is 1.33 bits per heavy atom. The zero-order valence-electron chi connectivity index (χ0n) is 7.37. The average molecular weight is 176 g/mol. The van der Waals surface area contributed by atoms with E-state index in [0.717, 1.165) is 0 Å². The Balaban J connectivity index is 2.39. The third-order valence-corrected chi connectivity index (χ3v) is 3.06. The molecule has 0 aromatic carbocycles. The minimum absolute atomic E-state index is 0.613. The van der Waals surface area contributed by atoms with Crippen LogP contribution in [0.1, 0.15) is 18.7 Å². The molecule has 62 valence electrons. The van der Waals surface area contributed by atoms with E-state index in [9.17, 15) is 0 Å². The molecule has 0 saturated heterocycles. The van der Waals surface area contributed by atoms with Crippen molar-refractivity contribution in [2.24, 2.45) is 5.92 Å². The second kappa shape index (κ2) is 2.91. The maximum Gasteiger partial charge on any atom is 0.0342 e. The molecular weight excluding hydrogens is 164 g/mol. The fraction of sp³-hybridized carbons (Fsp3) is 0.273. The summed E-state index contributed by atoms with van der Waals surface area (Å²) >= 11 is 1.82. The molecule has 1 aromatic rings. The van der Waals surface area contributed by atoms with Gasteiger partial charge in [-0.2, -0.15) is 0 Å². The van der Waals surface area contributed by atoms with Crippen LogP contribution >= 0.6 is 11.3 Å². The van der Waals surface area contributed by atoms with Crippen molar-refractivity contribution in [2.45, 2.75) is 13.8 Å². The van der Waals surface area contributed by atoms with Crippen LogP contribution in [0.15, 0.2) is 35.2 Å². The number of allylic oxidation sites excluding steroid dienone is 4. The molecule has 1 unspecified atom stereocenters. The van der Waals surface area contributed by atoms with Crippen molar-refractivity contribution in [1.82, 2.24) is 0 Å². The number of thiophene rings is 1. The van der Waals surface area contributed by atoms with E-state index in [1.165, 1.54) is 16.0 Å².